The molecule has 174 valence electrons. The lowest BCUT2D eigenvalue weighted by Gasteiger charge is -2.27. The Morgan fingerprint density at radius 3 is 2.48 bits per heavy atom. The van der Waals surface area contributed by atoms with Crippen LogP contribution in [0, 0.1) is 13.8 Å². The molecule has 1 aliphatic heterocycles. The summed E-state index contributed by atoms with van der Waals surface area (Å²) in [6.45, 7) is 11.6. The maximum atomic E-state index is 13.7. The second kappa shape index (κ2) is 9.40. The summed E-state index contributed by atoms with van der Waals surface area (Å²) in [5.41, 5.74) is 3.64. The number of carbonyl (C=O) groups is 1. The first-order valence-electron chi connectivity index (χ1n) is 11.6. The number of aryl methyl sites for hydroxylation is 2. The average Bonchev–Trinajstić information content (AvgIpc) is 3.10. The quantitative estimate of drug-likeness (QED) is 0.500. The van der Waals surface area contributed by atoms with Crippen molar-refractivity contribution < 1.29 is 13.9 Å². The number of benzene rings is 2. The molecular formula is C27H32N2O4. The number of carbonyl (C=O) groups excluding carboxylic acids is 1. The molecule has 0 saturated heterocycles. The van der Waals surface area contributed by atoms with Gasteiger partial charge in [-0.2, -0.15) is 0 Å². The van der Waals surface area contributed by atoms with Crippen molar-refractivity contribution in [2.75, 3.05) is 33.3 Å². The van der Waals surface area contributed by atoms with Crippen LogP contribution in [0.4, 0.5) is 0 Å². The molecule has 0 spiro atoms. The van der Waals surface area contributed by atoms with Crippen LogP contribution in [0.5, 0.6) is 5.75 Å². The van der Waals surface area contributed by atoms with E-state index in [9.17, 15) is 9.59 Å². The highest BCUT2D eigenvalue weighted by molar-refractivity contribution is 5.99. The molecule has 1 unspecified atom stereocenters. The predicted octanol–water partition coefficient (Wildman–Crippen LogP) is 4.70. The minimum atomic E-state index is -0.499. The number of ether oxygens (including phenoxy) is 1. The Morgan fingerprint density at radius 1 is 1.06 bits per heavy atom. The highest BCUT2D eigenvalue weighted by Crippen LogP contribution is 2.39. The van der Waals surface area contributed by atoms with Crippen molar-refractivity contribution in [2.45, 2.75) is 40.2 Å². The van der Waals surface area contributed by atoms with Gasteiger partial charge in [0.2, 0.25) is 5.76 Å². The Balaban J connectivity index is 1.84. The fourth-order valence-corrected chi connectivity index (χ4v) is 4.67. The van der Waals surface area contributed by atoms with Crippen LogP contribution in [0.25, 0.3) is 11.0 Å². The predicted molar refractivity (Wildman–Crippen MR) is 130 cm³/mol. The summed E-state index contributed by atoms with van der Waals surface area (Å²) in [6, 6.07) is 10.8. The monoisotopic (exact) mass is 448 g/mol. The van der Waals surface area contributed by atoms with E-state index in [1.54, 1.807) is 12.0 Å². The summed E-state index contributed by atoms with van der Waals surface area (Å²) in [4.78, 5) is 31.4. The van der Waals surface area contributed by atoms with E-state index >= 15 is 0 Å². The minimum Gasteiger partial charge on any atom is -0.497 e. The maximum Gasteiger partial charge on any atom is 0.290 e. The average molecular weight is 449 g/mol. The molecule has 3 aromatic rings. The third-order valence-corrected chi connectivity index (χ3v) is 6.76. The summed E-state index contributed by atoms with van der Waals surface area (Å²) < 4.78 is 11.5. The topological polar surface area (TPSA) is 63.0 Å². The van der Waals surface area contributed by atoms with Crippen LogP contribution < -0.4 is 10.2 Å². The smallest absolute Gasteiger partial charge is 0.290 e. The lowest BCUT2D eigenvalue weighted by molar-refractivity contribution is 0.0720. The van der Waals surface area contributed by atoms with Gasteiger partial charge in [0, 0.05) is 6.54 Å². The lowest BCUT2D eigenvalue weighted by atomic mass is 9.97. The molecule has 0 fully saturated rings. The number of rotatable bonds is 8. The van der Waals surface area contributed by atoms with E-state index in [-0.39, 0.29) is 17.1 Å². The number of methoxy groups -OCH3 is 1. The van der Waals surface area contributed by atoms with E-state index in [1.165, 1.54) is 0 Å². The standard InChI is InChI=1S/C27H32N2O4/c1-6-28(7-2)12-9-13-29-24(19-10-8-11-20(16-19)32-5)23-25(30)21-14-17(3)18(4)15-22(21)33-26(23)27(29)31/h8,10-11,14-16,24H,6-7,9,12-13H2,1-5H3. The molecule has 1 amide bonds. The molecule has 0 N–H and O–H groups in total. The molecule has 0 radical (unpaired) electrons. The van der Waals surface area contributed by atoms with E-state index in [0.717, 1.165) is 42.7 Å². The summed E-state index contributed by atoms with van der Waals surface area (Å²) >= 11 is 0. The Bertz CT molecular complexity index is 1240. The molecule has 2 aromatic carbocycles. The van der Waals surface area contributed by atoms with Crippen LogP contribution in [-0.2, 0) is 0 Å². The molecule has 6 heteroatoms. The third-order valence-electron chi connectivity index (χ3n) is 6.76. The van der Waals surface area contributed by atoms with Gasteiger partial charge in [0.15, 0.2) is 5.43 Å². The molecule has 2 heterocycles. The van der Waals surface area contributed by atoms with Crippen LogP contribution in [0.3, 0.4) is 0 Å². The molecule has 1 aliphatic rings. The van der Waals surface area contributed by atoms with E-state index in [4.69, 9.17) is 9.15 Å². The summed E-state index contributed by atoms with van der Waals surface area (Å²) in [5.74, 6) is 0.620. The Labute approximate surface area is 194 Å². The van der Waals surface area contributed by atoms with Gasteiger partial charge in [-0.1, -0.05) is 26.0 Å². The van der Waals surface area contributed by atoms with Crippen molar-refractivity contribution in [3.63, 3.8) is 0 Å². The van der Waals surface area contributed by atoms with Gasteiger partial charge in [-0.3, -0.25) is 9.59 Å². The normalized spacial score (nSPS) is 15.5. The fourth-order valence-electron chi connectivity index (χ4n) is 4.67. The van der Waals surface area contributed by atoms with Crippen LogP contribution in [0.1, 0.15) is 59.1 Å². The Kier molecular flexibility index (Phi) is 6.56. The third kappa shape index (κ3) is 4.15. The van der Waals surface area contributed by atoms with E-state index in [1.807, 2.05) is 50.2 Å². The molecule has 0 bridgehead atoms. The minimum absolute atomic E-state index is 0.137. The van der Waals surface area contributed by atoms with Crippen molar-refractivity contribution in [3.8, 4) is 5.75 Å². The van der Waals surface area contributed by atoms with Gasteiger partial charge in [0.1, 0.15) is 11.3 Å². The highest BCUT2D eigenvalue weighted by atomic mass is 16.5. The zero-order valence-corrected chi connectivity index (χ0v) is 20.1. The SMILES string of the molecule is CCN(CC)CCCN1C(=O)c2oc3cc(C)c(C)cc3c(=O)c2C1c1cccc(OC)c1. The number of hydrogen-bond acceptors (Lipinski definition) is 5. The van der Waals surface area contributed by atoms with Crippen LogP contribution >= 0.6 is 0 Å². The number of amides is 1. The van der Waals surface area contributed by atoms with Crippen LogP contribution in [-0.4, -0.2) is 49.0 Å². The second-order valence-electron chi connectivity index (χ2n) is 8.66. The molecule has 1 atom stereocenters. The van der Waals surface area contributed by atoms with E-state index in [0.29, 0.717) is 28.8 Å². The van der Waals surface area contributed by atoms with E-state index in [2.05, 4.69) is 18.7 Å². The van der Waals surface area contributed by atoms with Gasteiger partial charge in [0.05, 0.1) is 24.1 Å². The molecule has 4 rings (SSSR count). The van der Waals surface area contributed by atoms with Gasteiger partial charge in [-0.25, -0.2) is 0 Å². The molecular weight excluding hydrogens is 416 g/mol. The number of fused-ring (bicyclic) bond motifs is 2. The van der Waals surface area contributed by atoms with Gasteiger partial charge in [0.25, 0.3) is 5.91 Å². The second-order valence-corrected chi connectivity index (χ2v) is 8.66. The molecule has 6 nitrogen and oxygen atoms in total. The first-order chi connectivity index (χ1) is 15.9. The first kappa shape index (κ1) is 23.1. The summed E-state index contributed by atoms with van der Waals surface area (Å²) in [5, 5.41) is 0.516. The van der Waals surface area contributed by atoms with Crippen LogP contribution in [0.15, 0.2) is 45.6 Å². The van der Waals surface area contributed by atoms with Crippen molar-refractivity contribution >= 4 is 16.9 Å². The molecule has 33 heavy (non-hydrogen) atoms. The Morgan fingerprint density at radius 2 is 1.79 bits per heavy atom. The van der Waals surface area contributed by atoms with Gasteiger partial charge in [-0.05, 0) is 80.9 Å². The van der Waals surface area contributed by atoms with Crippen molar-refractivity contribution in [3.05, 3.63) is 74.6 Å². The van der Waals surface area contributed by atoms with Gasteiger partial charge < -0.3 is 19.0 Å². The lowest BCUT2D eigenvalue weighted by Crippen LogP contribution is -2.33. The van der Waals surface area contributed by atoms with Gasteiger partial charge in [-0.15, -0.1) is 0 Å². The van der Waals surface area contributed by atoms with Crippen molar-refractivity contribution in [1.29, 1.82) is 0 Å². The largest absolute Gasteiger partial charge is 0.497 e. The zero-order valence-electron chi connectivity index (χ0n) is 20.1. The van der Waals surface area contributed by atoms with Crippen LogP contribution in [0.2, 0.25) is 0 Å². The number of nitrogens with zero attached hydrogens (tertiary/aromatic N) is 2. The van der Waals surface area contributed by atoms with E-state index < -0.39 is 6.04 Å². The first-order valence-corrected chi connectivity index (χ1v) is 11.6. The van der Waals surface area contributed by atoms with Crippen molar-refractivity contribution in [1.82, 2.24) is 9.80 Å². The molecule has 0 aliphatic carbocycles. The summed E-state index contributed by atoms with van der Waals surface area (Å²) in [6.07, 6.45) is 0.813. The van der Waals surface area contributed by atoms with Gasteiger partial charge >= 0.3 is 0 Å². The fraction of sp³-hybridized carbons (Fsp3) is 0.407. The maximum absolute atomic E-state index is 13.7. The number of hydrogen-bond donors (Lipinski definition) is 0. The Hall–Kier alpha value is -3.12. The van der Waals surface area contributed by atoms with Crippen molar-refractivity contribution in [2.24, 2.45) is 0 Å². The molecule has 1 aromatic heterocycles. The summed E-state index contributed by atoms with van der Waals surface area (Å²) in [7, 11) is 1.61. The molecule has 0 saturated carbocycles. The highest BCUT2D eigenvalue weighted by Gasteiger charge is 2.42. The zero-order chi connectivity index (χ0) is 23.7.